The largest absolute Gasteiger partial charge is 0.480 e. The molecule has 0 unspecified atom stereocenters. The second-order valence-corrected chi connectivity index (χ2v) is 7.91. The molecule has 1 atom stereocenters. The van der Waals surface area contributed by atoms with Crippen molar-refractivity contribution in [1.29, 1.82) is 0 Å². The van der Waals surface area contributed by atoms with Gasteiger partial charge in [-0.3, -0.25) is 9.59 Å². The summed E-state index contributed by atoms with van der Waals surface area (Å²) < 4.78 is 1.95. The van der Waals surface area contributed by atoms with E-state index in [0.717, 1.165) is 29.4 Å². The van der Waals surface area contributed by atoms with Crippen LogP contribution >= 0.6 is 0 Å². The van der Waals surface area contributed by atoms with Gasteiger partial charge in [0, 0.05) is 29.0 Å². The number of nitrogens with zero attached hydrogens (tertiary/aromatic N) is 2. The number of carboxylic acids is 1. The molecule has 2 N–H and O–H groups in total. The van der Waals surface area contributed by atoms with E-state index in [1.807, 2.05) is 41.8 Å². The number of likely N-dealkylation sites (tertiary alicyclic amines) is 1. The average molecular weight is 419 g/mol. The molecule has 1 aromatic heterocycles. The van der Waals surface area contributed by atoms with Gasteiger partial charge in [0.25, 0.3) is 5.91 Å². The number of hydrogen-bond acceptors (Lipinski definition) is 3. The molecule has 1 aliphatic heterocycles. The zero-order valence-corrected chi connectivity index (χ0v) is 17.4. The predicted molar refractivity (Wildman–Crippen MR) is 118 cm³/mol. The number of benzene rings is 2. The van der Waals surface area contributed by atoms with E-state index in [1.165, 1.54) is 4.90 Å². The number of carbonyl (C=O) groups excluding carboxylic acids is 2. The van der Waals surface area contributed by atoms with Crippen molar-refractivity contribution in [3.8, 4) is 0 Å². The maximum absolute atomic E-state index is 12.9. The van der Waals surface area contributed by atoms with Gasteiger partial charge in [0.05, 0.1) is 0 Å². The average Bonchev–Trinajstić information content (AvgIpc) is 3.08. The topological polar surface area (TPSA) is 91.6 Å². The van der Waals surface area contributed by atoms with Crippen LogP contribution in [-0.2, 0) is 16.1 Å². The molecule has 0 aliphatic carbocycles. The highest BCUT2D eigenvalue weighted by Gasteiger charge is 2.32. The minimum absolute atomic E-state index is 0.157. The third kappa shape index (κ3) is 4.30. The number of aliphatic carboxylic acids is 1. The lowest BCUT2D eigenvalue weighted by atomic mass is 10.0. The lowest BCUT2D eigenvalue weighted by Gasteiger charge is -2.33. The molecule has 2 amide bonds. The van der Waals surface area contributed by atoms with E-state index in [2.05, 4.69) is 5.32 Å². The van der Waals surface area contributed by atoms with Crippen molar-refractivity contribution in [2.75, 3.05) is 11.9 Å². The molecule has 7 heteroatoms. The van der Waals surface area contributed by atoms with Crippen molar-refractivity contribution in [1.82, 2.24) is 9.47 Å². The van der Waals surface area contributed by atoms with Crippen molar-refractivity contribution in [2.45, 2.75) is 38.8 Å². The molecule has 1 aliphatic rings. The summed E-state index contributed by atoms with van der Waals surface area (Å²) in [6.45, 7) is 2.54. The SMILES string of the molecule is Cc1cc2ccccc2n1CC(=O)Nc1cccc(C(=O)N2CCCC[C@H]2C(=O)O)c1. The minimum atomic E-state index is -0.980. The molecule has 0 spiro atoms. The Bertz CT molecular complexity index is 1150. The van der Waals surface area contributed by atoms with Crippen LogP contribution in [-0.4, -0.2) is 44.9 Å². The molecular formula is C24H25N3O4. The van der Waals surface area contributed by atoms with Gasteiger partial charge in [-0.25, -0.2) is 4.79 Å². The first-order valence-electron chi connectivity index (χ1n) is 10.4. The second-order valence-electron chi connectivity index (χ2n) is 7.91. The Balaban J connectivity index is 1.49. The molecular weight excluding hydrogens is 394 g/mol. The van der Waals surface area contributed by atoms with Crippen LogP contribution in [0.4, 0.5) is 5.69 Å². The van der Waals surface area contributed by atoms with Gasteiger partial charge < -0.3 is 19.9 Å². The number of fused-ring (bicyclic) bond motifs is 1. The van der Waals surface area contributed by atoms with Crippen LogP contribution in [0, 0.1) is 6.92 Å². The quantitative estimate of drug-likeness (QED) is 0.660. The fourth-order valence-electron chi connectivity index (χ4n) is 4.23. The second kappa shape index (κ2) is 8.63. The normalized spacial score (nSPS) is 16.3. The van der Waals surface area contributed by atoms with Crippen molar-refractivity contribution in [2.24, 2.45) is 0 Å². The van der Waals surface area contributed by atoms with Crippen molar-refractivity contribution in [3.63, 3.8) is 0 Å². The Labute approximate surface area is 180 Å². The van der Waals surface area contributed by atoms with Gasteiger partial charge in [0.2, 0.25) is 5.91 Å². The van der Waals surface area contributed by atoms with Crippen LogP contribution in [0.15, 0.2) is 54.6 Å². The number of rotatable bonds is 5. The number of para-hydroxylation sites is 1. The first-order valence-corrected chi connectivity index (χ1v) is 10.4. The van der Waals surface area contributed by atoms with Gasteiger partial charge >= 0.3 is 5.97 Å². The maximum Gasteiger partial charge on any atom is 0.326 e. The maximum atomic E-state index is 12.9. The summed E-state index contributed by atoms with van der Waals surface area (Å²) in [6, 6.07) is 15.8. The number of carbonyl (C=O) groups is 3. The number of anilines is 1. The standard InChI is InChI=1S/C24H25N3O4/c1-16-13-17-7-2-3-10-20(17)27(16)15-22(28)25-19-9-6-8-18(14-19)23(29)26-12-5-4-11-21(26)24(30)31/h2-3,6-10,13-14,21H,4-5,11-12,15H2,1H3,(H,25,28)(H,30,31)/t21-/m0/s1. The molecule has 1 fully saturated rings. The number of piperidine rings is 1. The Hall–Kier alpha value is -3.61. The monoisotopic (exact) mass is 419 g/mol. The van der Waals surface area contributed by atoms with E-state index in [4.69, 9.17) is 0 Å². The Morgan fingerprint density at radius 3 is 2.68 bits per heavy atom. The molecule has 2 heterocycles. The molecule has 1 saturated heterocycles. The van der Waals surface area contributed by atoms with E-state index >= 15 is 0 Å². The van der Waals surface area contributed by atoms with E-state index in [0.29, 0.717) is 24.2 Å². The number of amides is 2. The van der Waals surface area contributed by atoms with Crippen molar-refractivity contribution >= 4 is 34.4 Å². The molecule has 7 nitrogen and oxygen atoms in total. The summed E-state index contributed by atoms with van der Waals surface area (Å²) in [7, 11) is 0. The van der Waals surface area contributed by atoms with Crippen LogP contribution in [0.25, 0.3) is 10.9 Å². The Kier molecular flexibility index (Phi) is 5.75. The summed E-state index contributed by atoms with van der Waals surface area (Å²) in [4.78, 5) is 38.6. The lowest BCUT2D eigenvalue weighted by Crippen LogP contribution is -2.48. The van der Waals surface area contributed by atoms with Gasteiger partial charge in [-0.1, -0.05) is 24.3 Å². The van der Waals surface area contributed by atoms with Crippen molar-refractivity contribution in [3.05, 3.63) is 65.9 Å². The zero-order valence-electron chi connectivity index (χ0n) is 17.4. The third-order valence-electron chi connectivity index (χ3n) is 5.76. The molecule has 4 rings (SSSR count). The van der Waals surface area contributed by atoms with Gasteiger partial charge in [-0.2, -0.15) is 0 Å². The summed E-state index contributed by atoms with van der Waals surface area (Å²) in [5, 5.41) is 13.4. The Morgan fingerprint density at radius 1 is 1.06 bits per heavy atom. The van der Waals surface area contributed by atoms with Crippen LogP contribution < -0.4 is 5.32 Å². The third-order valence-corrected chi connectivity index (χ3v) is 5.76. The number of aromatic nitrogens is 1. The summed E-state index contributed by atoms with van der Waals surface area (Å²) >= 11 is 0. The summed E-state index contributed by atoms with van der Waals surface area (Å²) in [6.07, 6.45) is 2.04. The number of nitrogens with one attached hydrogen (secondary N) is 1. The first-order chi connectivity index (χ1) is 14.9. The predicted octanol–water partition coefficient (Wildman–Crippen LogP) is 3.67. The molecule has 0 bridgehead atoms. The molecule has 31 heavy (non-hydrogen) atoms. The van der Waals surface area contributed by atoms with E-state index in [9.17, 15) is 19.5 Å². The highest BCUT2D eigenvalue weighted by Crippen LogP contribution is 2.22. The fraction of sp³-hybridized carbons (Fsp3) is 0.292. The van der Waals surface area contributed by atoms with Crippen LogP contribution in [0.5, 0.6) is 0 Å². The number of aryl methyl sites for hydroxylation is 1. The summed E-state index contributed by atoms with van der Waals surface area (Å²) in [5.74, 6) is -1.50. The highest BCUT2D eigenvalue weighted by atomic mass is 16.4. The van der Waals surface area contributed by atoms with Crippen molar-refractivity contribution < 1.29 is 19.5 Å². The van der Waals surface area contributed by atoms with Gasteiger partial charge in [0.1, 0.15) is 12.6 Å². The number of carboxylic acid groups (broad SMARTS) is 1. The molecule has 0 saturated carbocycles. The molecule has 0 radical (unpaired) electrons. The number of hydrogen-bond donors (Lipinski definition) is 2. The minimum Gasteiger partial charge on any atom is -0.480 e. The molecule has 3 aromatic rings. The highest BCUT2D eigenvalue weighted by molar-refractivity contribution is 5.99. The van der Waals surface area contributed by atoms with E-state index in [-0.39, 0.29) is 18.4 Å². The zero-order chi connectivity index (χ0) is 22.0. The van der Waals surface area contributed by atoms with Crippen LogP contribution in [0.3, 0.4) is 0 Å². The lowest BCUT2D eigenvalue weighted by molar-refractivity contribution is -0.143. The van der Waals surface area contributed by atoms with Gasteiger partial charge in [-0.15, -0.1) is 0 Å². The first kappa shape index (κ1) is 20.7. The van der Waals surface area contributed by atoms with Crippen LogP contribution in [0.2, 0.25) is 0 Å². The van der Waals surface area contributed by atoms with E-state index in [1.54, 1.807) is 24.3 Å². The fourth-order valence-corrected chi connectivity index (χ4v) is 4.23. The van der Waals surface area contributed by atoms with Gasteiger partial charge in [0.15, 0.2) is 0 Å². The molecule has 160 valence electrons. The Morgan fingerprint density at radius 2 is 1.87 bits per heavy atom. The molecule has 2 aromatic carbocycles. The van der Waals surface area contributed by atoms with Gasteiger partial charge in [-0.05, 0) is 61.9 Å². The smallest absolute Gasteiger partial charge is 0.326 e. The summed E-state index contributed by atoms with van der Waals surface area (Å²) in [5.41, 5.74) is 2.86. The van der Waals surface area contributed by atoms with Crippen LogP contribution in [0.1, 0.15) is 35.3 Å². The van der Waals surface area contributed by atoms with E-state index < -0.39 is 12.0 Å².